The molecule has 0 aromatic heterocycles. The van der Waals surface area contributed by atoms with E-state index >= 15 is 0 Å². The molecule has 19 heavy (non-hydrogen) atoms. The lowest BCUT2D eigenvalue weighted by Crippen LogP contribution is -2.00. The van der Waals surface area contributed by atoms with Gasteiger partial charge in [0.15, 0.2) is 11.6 Å². The van der Waals surface area contributed by atoms with Crippen molar-refractivity contribution in [2.75, 3.05) is 12.4 Å². The molecule has 0 bridgehead atoms. The molecular weight excluding hydrogens is 252 g/mol. The molecular formula is C14H13F2NO2. The molecule has 2 rings (SSSR count). The predicted molar refractivity (Wildman–Crippen MR) is 68.3 cm³/mol. The first-order valence-corrected chi connectivity index (χ1v) is 5.65. The molecule has 0 saturated heterocycles. The molecule has 0 aliphatic heterocycles. The van der Waals surface area contributed by atoms with Crippen LogP contribution in [0.25, 0.3) is 0 Å². The van der Waals surface area contributed by atoms with Gasteiger partial charge in [-0.3, -0.25) is 0 Å². The monoisotopic (exact) mass is 265 g/mol. The summed E-state index contributed by atoms with van der Waals surface area (Å²) in [5, 5.41) is 12.6. The standard InChI is InChI=1S/C14H13F2NO2/c1-19-11-4-2-9(14(18)7-11)8-17-10-3-5-12(15)13(16)6-10/h2-7,17-18H,8H2,1H3. The van der Waals surface area contributed by atoms with Crippen molar-refractivity contribution in [1.82, 2.24) is 0 Å². The fourth-order valence-electron chi connectivity index (χ4n) is 1.62. The minimum atomic E-state index is -0.913. The number of nitrogens with one attached hydrogen (secondary N) is 1. The van der Waals surface area contributed by atoms with Crippen LogP contribution in [0.4, 0.5) is 14.5 Å². The molecule has 0 aliphatic carbocycles. The number of ether oxygens (including phenoxy) is 1. The molecule has 0 saturated carbocycles. The first kappa shape index (κ1) is 13.1. The van der Waals surface area contributed by atoms with Gasteiger partial charge < -0.3 is 15.2 Å². The molecule has 0 amide bonds. The van der Waals surface area contributed by atoms with Crippen LogP contribution in [0.5, 0.6) is 11.5 Å². The molecule has 0 spiro atoms. The van der Waals surface area contributed by atoms with Crippen molar-refractivity contribution in [1.29, 1.82) is 0 Å². The number of benzene rings is 2. The van der Waals surface area contributed by atoms with E-state index < -0.39 is 11.6 Å². The van der Waals surface area contributed by atoms with Crippen molar-refractivity contribution in [3.63, 3.8) is 0 Å². The lowest BCUT2D eigenvalue weighted by molar-refractivity contribution is 0.406. The van der Waals surface area contributed by atoms with Crippen LogP contribution in [0, 0.1) is 11.6 Å². The topological polar surface area (TPSA) is 41.5 Å². The summed E-state index contributed by atoms with van der Waals surface area (Å²) in [4.78, 5) is 0. The van der Waals surface area contributed by atoms with Gasteiger partial charge in [-0.25, -0.2) is 8.78 Å². The van der Waals surface area contributed by atoms with Gasteiger partial charge in [0.05, 0.1) is 7.11 Å². The average molecular weight is 265 g/mol. The molecule has 3 nitrogen and oxygen atoms in total. The van der Waals surface area contributed by atoms with Gasteiger partial charge in [-0.1, -0.05) is 0 Å². The molecule has 2 aromatic carbocycles. The molecule has 2 aromatic rings. The van der Waals surface area contributed by atoms with Crippen molar-refractivity contribution < 1.29 is 18.6 Å². The Kier molecular flexibility index (Phi) is 3.85. The van der Waals surface area contributed by atoms with Crippen LogP contribution in [0.2, 0.25) is 0 Å². The van der Waals surface area contributed by atoms with Gasteiger partial charge in [0, 0.05) is 29.9 Å². The van der Waals surface area contributed by atoms with Gasteiger partial charge in [0.25, 0.3) is 0 Å². The van der Waals surface area contributed by atoms with Crippen LogP contribution in [0.1, 0.15) is 5.56 Å². The van der Waals surface area contributed by atoms with Crippen LogP contribution >= 0.6 is 0 Å². The van der Waals surface area contributed by atoms with Gasteiger partial charge >= 0.3 is 0 Å². The third kappa shape index (κ3) is 3.13. The summed E-state index contributed by atoms with van der Waals surface area (Å²) in [7, 11) is 1.51. The van der Waals surface area contributed by atoms with Crippen LogP contribution < -0.4 is 10.1 Å². The van der Waals surface area contributed by atoms with E-state index in [1.54, 1.807) is 12.1 Å². The number of hydrogen-bond donors (Lipinski definition) is 2. The molecule has 0 heterocycles. The second-order valence-corrected chi connectivity index (χ2v) is 3.98. The highest BCUT2D eigenvalue weighted by atomic mass is 19.2. The molecule has 0 unspecified atom stereocenters. The predicted octanol–water partition coefficient (Wildman–Crippen LogP) is 3.29. The van der Waals surface area contributed by atoms with Gasteiger partial charge in [-0.15, -0.1) is 0 Å². The van der Waals surface area contributed by atoms with Crippen LogP contribution in [-0.4, -0.2) is 12.2 Å². The fourth-order valence-corrected chi connectivity index (χ4v) is 1.62. The Bertz CT molecular complexity index is 588. The first-order chi connectivity index (χ1) is 9.10. The number of rotatable bonds is 4. The van der Waals surface area contributed by atoms with Crippen LogP contribution in [-0.2, 0) is 6.54 Å². The minimum absolute atomic E-state index is 0.0782. The van der Waals surface area contributed by atoms with Crippen molar-refractivity contribution >= 4 is 5.69 Å². The zero-order valence-electron chi connectivity index (χ0n) is 10.3. The third-order valence-electron chi connectivity index (χ3n) is 2.70. The SMILES string of the molecule is COc1ccc(CNc2ccc(F)c(F)c2)c(O)c1. The maximum absolute atomic E-state index is 13.0. The molecule has 5 heteroatoms. The highest BCUT2D eigenvalue weighted by Crippen LogP contribution is 2.24. The first-order valence-electron chi connectivity index (χ1n) is 5.65. The third-order valence-corrected chi connectivity index (χ3v) is 2.70. The lowest BCUT2D eigenvalue weighted by atomic mass is 10.2. The van der Waals surface area contributed by atoms with E-state index in [4.69, 9.17) is 4.74 Å². The van der Waals surface area contributed by atoms with Crippen molar-refractivity contribution in [3.8, 4) is 11.5 Å². The molecule has 2 N–H and O–H groups in total. The molecule has 0 atom stereocenters. The normalized spacial score (nSPS) is 10.3. The lowest BCUT2D eigenvalue weighted by Gasteiger charge is -2.09. The second-order valence-electron chi connectivity index (χ2n) is 3.98. The van der Waals surface area contributed by atoms with E-state index in [0.717, 1.165) is 12.1 Å². The Morgan fingerprint density at radius 3 is 2.53 bits per heavy atom. The highest BCUT2D eigenvalue weighted by molar-refractivity contribution is 5.46. The minimum Gasteiger partial charge on any atom is -0.507 e. The molecule has 0 fully saturated rings. The number of aromatic hydroxyl groups is 1. The number of halogens is 2. The summed E-state index contributed by atoms with van der Waals surface area (Å²) in [5.74, 6) is -1.18. The summed E-state index contributed by atoms with van der Waals surface area (Å²) in [6.45, 7) is 0.293. The van der Waals surface area contributed by atoms with Gasteiger partial charge in [0.2, 0.25) is 0 Å². The maximum Gasteiger partial charge on any atom is 0.160 e. The largest absolute Gasteiger partial charge is 0.507 e. The Labute approximate surface area is 109 Å². The average Bonchev–Trinajstić information content (AvgIpc) is 2.41. The quantitative estimate of drug-likeness (QED) is 0.891. The second kappa shape index (κ2) is 5.56. The smallest absolute Gasteiger partial charge is 0.160 e. The Morgan fingerprint density at radius 1 is 1.11 bits per heavy atom. The zero-order valence-corrected chi connectivity index (χ0v) is 10.3. The number of methoxy groups -OCH3 is 1. The number of phenolic OH excluding ortho intramolecular Hbond substituents is 1. The zero-order chi connectivity index (χ0) is 13.8. The highest BCUT2D eigenvalue weighted by Gasteiger charge is 2.05. The maximum atomic E-state index is 13.0. The Morgan fingerprint density at radius 2 is 1.89 bits per heavy atom. The molecule has 100 valence electrons. The van der Waals surface area contributed by atoms with E-state index in [1.165, 1.54) is 19.2 Å². The van der Waals surface area contributed by atoms with Gasteiger partial charge in [0.1, 0.15) is 11.5 Å². The summed E-state index contributed by atoms with van der Waals surface area (Å²) in [6.07, 6.45) is 0. The van der Waals surface area contributed by atoms with E-state index in [-0.39, 0.29) is 5.75 Å². The number of phenols is 1. The summed E-state index contributed by atoms with van der Waals surface area (Å²) in [6, 6.07) is 8.44. The summed E-state index contributed by atoms with van der Waals surface area (Å²) in [5.41, 5.74) is 1.07. The van der Waals surface area contributed by atoms with E-state index in [0.29, 0.717) is 23.5 Å². The van der Waals surface area contributed by atoms with E-state index in [9.17, 15) is 13.9 Å². The summed E-state index contributed by atoms with van der Waals surface area (Å²) < 4.78 is 30.7. The fraction of sp³-hybridized carbons (Fsp3) is 0.143. The van der Waals surface area contributed by atoms with Gasteiger partial charge in [-0.05, 0) is 24.3 Å². The molecule has 0 aliphatic rings. The Hall–Kier alpha value is -2.30. The number of anilines is 1. The van der Waals surface area contributed by atoms with Crippen molar-refractivity contribution in [2.45, 2.75) is 6.54 Å². The molecule has 0 radical (unpaired) electrons. The number of hydrogen-bond acceptors (Lipinski definition) is 3. The van der Waals surface area contributed by atoms with E-state index in [2.05, 4.69) is 5.32 Å². The van der Waals surface area contributed by atoms with Crippen molar-refractivity contribution in [2.24, 2.45) is 0 Å². The van der Waals surface area contributed by atoms with Gasteiger partial charge in [-0.2, -0.15) is 0 Å². The van der Waals surface area contributed by atoms with Crippen molar-refractivity contribution in [3.05, 3.63) is 53.6 Å². The van der Waals surface area contributed by atoms with Crippen LogP contribution in [0.15, 0.2) is 36.4 Å². The van der Waals surface area contributed by atoms with Crippen LogP contribution in [0.3, 0.4) is 0 Å². The van der Waals surface area contributed by atoms with E-state index in [1.807, 2.05) is 0 Å². The summed E-state index contributed by atoms with van der Waals surface area (Å²) >= 11 is 0. The Balaban J connectivity index is 2.07.